The molecule has 0 atom stereocenters. The highest BCUT2D eigenvalue weighted by Crippen LogP contribution is 2.31. The average Bonchev–Trinajstić information content (AvgIpc) is 3.49. The summed E-state index contributed by atoms with van der Waals surface area (Å²) < 4.78 is 7.41. The van der Waals surface area contributed by atoms with E-state index in [0.29, 0.717) is 23.1 Å². The minimum Gasteiger partial charge on any atom is -0.354 e. The van der Waals surface area contributed by atoms with Gasteiger partial charge >= 0.3 is 0 Å². The normalized spacial score (nSPS) is 13.4. The first kappa shape index (κ1) is 20.3. The maximum atomic E-state index is 12.2. The van der Waals surface area contributed by atoms with Crippen LogP contribution in [0.15, 0.2) is 64.2 Å². The van der Waals surface area contributed by atoms with Crippen molar-refractivity contribution in [2.45, 2.75) is 32.9 Å². The Kier molecular flexibility index (Phi) is 5.41. The standard InChI is InChI=1S/C25H25N5O2/c1-16-25(23-11-21(29-32-23)19-7-5-17(6-8-19)12-26-2)28-22(13-27-16)20-9-10-24(31)30(15-20)14-18-3-4-18/h5-11,13,15,18,26H,3-4,12,14H2,1-2H3. The van der Waals surface area contributed by atoms with Gasteiger partial charge in [0.25, 0.3) is 5.56 Å². The second kappa shape index (κ2) is 8.51. The smallest absolute Gasteiger partial charge is 0.250 e. The zero-order valence-corrected chi connectivity index (χ0v) is 18.2. The molecular weight excluding hydrogens is 402 g/mol. The number of benzene rings is 1. The first-order chi connectivity index (χ1) is 15.6. The van der Waals surface area contributed by atoms with Crippen molar-refractivity contribution >= 4 is 0 Å². The van der Waals surface area contributed by atoms with Gasteiger partial charge in [0, 0.05) is 42.5 Å². The molecule has 1 N–H and O–H groups in total. The highest BCUT2D eigenvalue weighted by molar-refractivity contribution is 5.68. The molecule has 5 rings (SSSR count). The Hall–Kier alpha value is -3.58. The molecule has 3 heterocycles. The van der Waals surface area contributed by atoms with Gasteiger partial charge < -0.3 is 14.4 Å². The van der Waals surface area contributed by atoms with Gasteiger partial charge in [0.05, 0.1) is 17.6 Å². The summed E-state index contributed by atoms with van der Waals surface area (Å²) in [5, 5.41) is 7.39. The fourth-order valence-electron chi connectivity index (χ4n) is 3.75. The number of hydrogen-bond acceptors (Lipinski definition) is 6. The van der Waals surface area contributed by atoms with E-state index in [-0.39, 0.29) is 5.56 Å². The number of rotatable bonds is 7. The van der Waals surface area contributed by atoms with Crippen LogP contribution in [-0.2, 0) is 13.1 Å². The van der Waals surface area contributed by atoms with Gasteiger partial charge in [-0.05, 0) is 44.4 Å². The monoisotopic (exact) mass is 427 g/mol. The lowest BCUT2D eigenvalue weighted by molar-refractivity contribution is 0.433. The topological polar surface area (TPSA) is 85.8 Å². The van der Waals surface area contributed by atoms with Crippen LogP contribution >= 0.6 is 0 Å². The Morgan fingerprint density at radius 3 is 2.62 bits per heavy atom. The van der Waals surface area contributed by atoms with E-state index in [1.807, 2.05) is 38.4 Å². The molecule has 3 aromatic heterocycles. The molecule has 1 saturated carbocycles. The van der Waals surface area contributed by atoms with Gasteiger partial charge in [0.2, 0.25) is 0 Å². The molecule has 0 unspecified atom stereocenters. The molecule has 7 heteroatoms. The van der Waals surface area contributed by atoms with Crippen molar-refractivity contribution in [3.8, 4) is 34.0 Å². The lowest BCUT2D eigenvalue weighted by Crippen LogP contribution is -2.19. The summed E-state index contributed by atoms with van der Waals surface area (Å²) in [6.07, 6.45) is 5.99. The average molecular weight is 428 g/mol. The number of hydrogen-bond donors (Lipinski definition) is 1. The third-order valence-corrected chi connectivity index (χ3v) is 5.76. The van der Waals surface area contributed by atoms with Crippen molar-refractivity contribution in [3.05, 3.63) is 76.5 Å². The van der Waals surface area contributed by atoms with Crippen LogP contribution in [0.25, 0.3) is 34.0 Å². The third kappa shape index (κ3) is 4.24. The SMILES string of the molecule is CNCc1ccc(-c2cc(-c3nc(-c4ccc(=O)n(CC5CC5)c4)cnc3C)on2)cc1. The minimum absolute atomic E-state index is 0.0153. The Bertz CT molecular complexity index is 1300. The van der Waals surface area contributed by atoms with Crippen molar-refractivity contribution in [2.75, 3.05) is 7.05 Å². The Labute approximate surface area is 186 Å². The van der Waals surface area contributed by atoms with Crippen molar-refractivity contribution < 1.29 is 4.52 Å². The first-order valence-corrected chi connectivity index (χ1v) is 10.9. The van der Waals surface area contributed by atoms with Gasteiger partial charge in [-0.1, -0.05) is 29.4 Å². The molecular formula is C25H25N5O2. The van der Waals surface area contributed by atoms with E-state index < -0.39 is 0 Å². The molecule has 0 radical (unpaired) electrons. The maximum absolute atomic E-state index is 12.2. The van der Waals surface area contributed by atoms with E-state index in [0.717, 1.165) is 35.6 Å². The quantitative estimate of drug-likeness (QED) is 0.479. The van der Waals surface area contributed by atoms with E-state index in [9.17, 15) is 4.79 Å². The largest absolute Gasteiger partial charge is 0.354 e. The number of nitrogens with zero attached hydrogens (tertiary/aromatic N) is 4. The van der Waals surface area contributed by atoms with E-state index in [1.165, 1.54) is 18.4 Å². The highest BCUT2D eigenvalue weighted by Gasteiger charge is 2.22. The zero-order chi connectivity index (χ0) is 22.1. The fraction of sp³-hybridized carbons (Fsp3) is 0.280. The highest BCUT2D eigenvalue weighted by atomic mass is 16.5. The molecule has 162 valence electrons. The molecule has 4 aromatic rings. The van der Waals surface area contributed by atoms with Gasteiger partial charge in [-0.2, -0.15) is 0 Å². The van der Waals surface area contributed by atoms with Gasteiger partial charge in [0.15, 0.2) is 5.76 Å². The zero-order valence-electron chi connectivity index (χ0n) is 18.2. The maximum Gasteiger partial charge on any atom is 0.250 e. The second-order valence-corrected chi connectivity index (χ2v) is 8.34. The molecule has 7 nitrogen and oxygen atoms in total. The van der Waals surface area contributed by atoms with Crippen LogP contribution < -0.4 is 10.9 Å². The van der Waals surface area contributed by atoms with E-state index >= 15 is 0 Å². The van der Waals surface area contributed by atoms with Crippen LogP contribution in [0.1, 0.15) is 24.1 Å². The van der Waals surface area contributed by atoms with Crippen molar-refractivity contribution in [2.24, 2.45) is 5.92 Å². The van der Waals surface area contributed by atoms with Crippen molar-refractivity contribution in [1.82, 2.24) is 25.0 Å². The molecule has 1 fully saturated rings. The number of aromatic nitrogens is 4. The Morgan fingerprint density at radius 2 is 1.88 bits per heavy atom. The van der Waals surface area contributed by atoms with Crippen molar-refractivity contribution in [3.63, 3.8) is 0 Å². The Morgan fingerprint density at radius 1 is 1.09 bits per heavy atom. The summed E-state index contributed by atoms with van der Waals surface area (Å²) in [6.45, 7) is 3.48. The summed E-state index contributed by atoms with van der Waals surface area (Å²) in [5.41, 5.74) is 5.91. The molecule has 0 saturated heterocycles. The summed E-state index contributed by atoms with van der Waals surface area (Å²) in [5.74, 6) is 1.18. The molecule has 0 aliphatic heterocycles. The lowest BCUT2D eigenvalue weighted by atomic mass is 10.1. The summed E-state index contributed by atoms with van der Waals surface area (Å²) in [4.78, 5) is 21.5. The van der Waals surface area contributed by atoms with Crippen molar-refractivity contribution in [1.29, 1.82) is 0 Å². The van der Waals surface area contributed by atoms with Gasteiger partial charge in [-0.3, -0.25) is 9.78 Å². The molecule has 0 bridgehead atoms. The number of pyridine rings is 1. The van der Waals surface area contributed by atoms with Crippen LogP contribution in [0, 0.1) is 12.8 Å². The number of nitrogens with one attached hydrogen (secondary N) is 1. The fourth-order valence-corrected chi connectivity index (χ4v) is 3.75. The van der Waals surface area contributed by atoms with Crippen LogP contribution in [0.4, 0.5) is 0 Å². The molecule has 32 heavy (non-hydrogen) atoms. The molecule has 1 aliphatic carbocycles. The molecule has 0 amide bonds. The van der Waals surface area contributed by atoms with E-state index in [2.05, 4.69) is 27.6 Å². The van der Waals surface area contributed by atoms with E-state index in [1.54, 1.807) is 22.9 Å². The predicted octanol–water partition coefficient (Wildman–Crippen LogP) is 4.07. The van der Waals surface area contributed by atoms with Crippen LogP contribution in [0.5, 0.6) is 0 Å². The molecule has 0 spiro atoms. The van der Waals surface area contributed by atoms with Crippen LogP contribution in [-0.4, -0.2) is 26.7 Å². The van der Waals surface area contributed by atoms with Gasteiger partial charge in [-0.25, -0.2) is 4.98 Å². The minimum atomic E-state index is 0.0153. The third-order valence-electron chi connectivity index (χ3n) is 5.76. The lowest BCUT2D eigenvalue weighted by Gasteiger charge is -2.08. The summed E-state index contributed by atoms with van der Waals surface area (Å²) >= 11 is 0. The molecule has 1 aliphatic rings. The molecule has 1 aromatic carbocycles. The first-order valence-electron chi connectivity index (χ1n) is 10.9. The van der Waals surface area contributed by atoms with Crippen LogP contribution in [0.3, 0.4) is 0 Å². The summed E-state index contributed by atoms with van der Waals surface area (Å²) in [6, 6.07) is 13.5. The van der Waals surface area contributed by atoms with E-state index in [4.69, 9.17) is 9.51 Å². The predicted molar refractivity (Wildman–Crippen MR) is 123 cm³/mol. The summed E-state index contributed by atoms with van der Waals surface area (Å²) in [7, 11) is 1.93. The van der Waals surface area contributed by atoms with Gasteiger partial charge in [-0.15, -0.1) is 0 Å². The van der Waals surface area contributed by atoms with Gasteiger partial charge in [0.1, 0.15) is 11.4 Å². The number of aryl methyl sites for hydroxylation is 1. The Balaban J connectivity index is 1.45. The second-order valence-electron chi connectivity index (χ2n) is 8.34. The van der Waals surface area contributed by atoms with Crippen LogP contribution in [0.2, 0.25) is 0 Å².